The summed E-state index contributed by atoms with van der Waals surface area (Å²) in [6.45, 7) is 6.24. The third kappa shape index (κ3) is 6.19. The highest BCUT2D eigenvalue weighted by Crippen LogP contribution is 2.41. The molecular formula is C16H23F3N2O6S. The zero-order valence-electron chi connectivity index (χ0n) is 15.5. The van der Waals surface area contributed by atoms with E-state index in [1.165, 1.54) is 6.26 Å². The van der Waals surface area contributed by atoms with E-state index in [9.17, 15) is 21.6 Å². The van der Waals surface area contributed by atoms with Crippen molar-refractivity contribution in [2.75, 3.05) is 39.1 Å². The number of halogens is 3. The molecule has 0 spiro atoms. The van der Waals surface area contributed by atoms with Crippen LogP contribution in [-0.2, 0) is 26.1 Å². The minimum Gasteiger partial charge on any atom is -0.475 e. The molecule has 2 saturated heterocycles. The molecule has 2 fully saturated rings. The Balaban J connectivity index is 0.000000345. The van der Waals surface area contributed by atoms with Gasteiger partial charge in [0.1, 0.15) is 11.5 Å². The quantitative estimate of drug-likeness (QED) is 0.726. The summed E-state index contributed by atoms with van der Waals surface area (Å²) in [6.07, 6.45) is -3.88. The van der Waals surface area contributed by atoms with Crippen molar-refractivity contribution >= 4 is 16.0 Å². The maximum absolute atomic E-state index is 11.4. The van der Waals surface area contributed by atoms with E-state index >= 15 is 0 Å². The molecular weight excluding hydrogens is 405 g/mol. The van der Waals surface area contributed by atoms with Crippen molar-refractivity contribution in [1.82, 2.24) is 9.62 Å². The number of carboxylic acid groups (broad SMARTS) is 1. The second-order valence-corrected chi connectivity index (χ2v) is 8.99. The van der Waals surface area contributed by atoms with Gasteiger partial charge >= 0.3 is 12.1 Å². The lowest BCUT2D eigenvalue weighted by atomic mass is 9.81. The van der Waals surface area contributed by atoms with Crippen LogP contribution in [0.25, 0.3) is 0 Å². The fourth-order valence-electron chi connectivity index (χ4n) is 3.38. The van der Waals surface area contributed by atoms with Gasteiger partial charge in [-0.25, -0.2) is 17.9 Å². The highest BCUT2D eigenvalue weighted by molar-refractivity contribution is 7.88. The Hall–Kier alpha value is -1.63. The first-order valence-electron chi connectivity index (χ1n) is 8.41. The standard InChI is InChI=1S/C14H22N2O4S.C2HF3O2/c1-11-3-4-13(20-11)6-16-5-12-7-19-10-14(12,9-16)8-15-21(2,17)18;3-2(4,5)1(6)7/h3-4,12,15H,5-10H2,1-2H3;(H,6,7)/t12-,14+;/m1./s1. The van der Waals surface area contributed by atoms with Crippen LogP contribution in [0.15, 0.2) is 16.5 Å². The molecule has 0 aliphatic carbocycles. The number of sulfonamides is 1. The Morgan fingerprint density at radius 1 is 1.43 bits per heavy atom. The number of ether oxygens (including phenoxy) is 1. The van der Waals surface area contributed by atoms with Crippen molar-refractivity contribution in [3.05, 3.63) is 23.7 Å². The first kappa shape index (κ1) is 22.7. The van der Waals surface area contributed by atoms with Crippen LogP contribution in [0, 0.1) is 18.3 Å². The van der Waals surface area contributed by atoms with Gasteiger partial charge in [-0.15, -0.1) is 0 Å². The number of furan rings is 1. The summed E-state index contributed by atoms with van der Waals surface area (Å²) >= 11 is 0. The molecule has 1 aromatic rings. The number of aliphatic carboxylic acids is 1. The van der Waals surface area contributed by atoms with Gasteiger partial charge in [-0.1, -0.05) is 0 Å². The average molecular weight is 428 g/mol. The van der Waals surface area contributed by atoms with Gasteiger partial charge in [0.05, 0.1) is 26.0 Å². The lowest BCUT2D eigenvalue weighted by molar-refractivity contribution is -0.192. The van der Waals surface area contributed by atoms with E-state index in [1.807, 2.05) is 19.1 Å². The fourth-order valence-corrected chi connectivity index (χ4v) is 3.93. The molecule has 0 saturated carbocycles. The largest absolute Gasteiger partial charge is 0.490 e. The van der Waals surface area contributed by atoms with E-state index in [0.29, 0.717) is 25.7 Å². The van der Waals surface area contributed by atoms with Crippen LogP contribution in [0.3, 0.4) is 0 Å². The number of carbonyl (C=O) groups is 1. The molecule has 1 aromatic heterocycles. The number of alkyl halides is 3. The number of hydrogen-bond donors (Lipinski definition) is 2. The van der Waals surface area contributed by atoms with Crippen LogP contribution in [0.5, 0.6) is 0 Å². The van der Waals surface area contributed by atoms with Crippen LogP contribution >= 0.6 is 0 Å². The summed E-state index contributed by atoms with van der Waals surface area (Å²) in [4.78, 5) is 11.2. The van der Waals surface area contributed by atoms with Gasteiger partial charge < -0.3 is 14.3 Å². The summed E-state index contributed by atoms with van der Waals surface area (Å²) in [5.74, 6) is -0.504. The Bertz CT molecular complexity index is 795. The maximum Gasteiger partial charge on any atom is 0.490 e. The Kier molecular flexibility index (Phi) is 6.79. The molecule has 28 heavy (non-hydrogen) atoms. The number of likely N-dealkylation sites (tertiary alicyclic amines) is 1. The fraction of sp³-hybridized carbons (Fsp3) is 0.688. The van der Waals surface area contributed by atoms with Gasteiger partial charge in [0, 0.05) is 31.0 Å². The SMILES string of the molecule is Cc1ccc(CN2C[C@@H]3COC[C@]3(CNS(C)(=O)=O)C2)o1.O=C(O)C(F)(F)F. The maximum atomic E-state index is 11.4. The van der Waals surface area contributed by atoms with E-state index in [4.69, 9.17) is 19.1 Å². The molecule has 0 bridgehead atoms. The molecule has 2 N–H and O–H groups in total. The topological polar surface area (TPSA) is 109 Å². The molecule has 2 aliphatic rings. The molecule has 0 aromatic carbocycles. The highest BCUT2D eigenvalue weighted by Gasteiger charge is 2.50. The molecule has 0 unspecified atom stereocenters. The van der Waals surface area contributed by atoms with Crippen molar-refractivity contribution in [3.63, 3.8) is 0 Å². The van der Waals surface area contributed by atoms with E-state index in [2.05, 4.69) is 9.62 Å². The second kappa shape index (κ2) is 8.39. The number of carboxylic acids is 1. The van der Waals surface area contributed by atoms with Gasteiger partial charge in [-0.3, -0.25) is 4.90 Å². The second-order valence-electron chi connectivity index (χ2n) is 7.15. The summed E-state index contributed by atoms with van der Waals surface area (Å²) in [5, 5.41) is 7.12. The predicted octanol–water partition coefficient (Wildman–Crippen LogP) is 1.22. The van der Waals surface area contributed by atoms with Gasteiger partial charge in [-0.05, 0) is 19.1 Å². The smallest absolute Gasteiger partial charge is 0.475 e. The number of nitrogens with zero attached hydrogens (tertiary/aromatic N) is 1. The summed E-state index contributed by atoms with van der Waals surface area (Å²) in [7, 11) is -3.17. The average Bonchev–Trinajstić information content (AvgIpc) is 3.19. The van der Waals surface area contributed by atoms with E-state index in [-0.39, 0.29) is 5.41 Å². The van der Waals surface area contributed by atoms with Crippen LogP contribution in [-0.4, -0.2) is 69.7 Å². The molecule has 0 amide bonds. The van der Waals surface area contributed by atoms with Crippen molar-refractivity contribution in [1.29, 1.82) is 0 Å². The number of nitrogens with one attached hydrogen (secondary N) is 1. The highest BCUT2D eigenvalue weighted by atomic mass is 32.2. The number of aryl methyl sites for hydroxylation is 1. The van der Waals surface area contributed by atoms with Crippen LogP contribution in [0.1, 0.15) is 11.5 Å². The van der Waals surface area contributed by atoms with E-state index in [0.717, 1.165) is 31.2 Å². The van der Waals surface area contributed by atoms with Gasteiger partial charge in [0.15, 0.2) is 0 Å². The summed E-state index contributed by atoms with van der Waals surface area (Å²) < 4.78 is 68.4. The van der Waals surface area contributed by atoms with Gasteiger partial charge in [0.2, 0.25) is 10.0 Å². The molecule has 2 atom stereocenters. The first-order valence-corrected chi connectivity index (χ1v) is 10.3. The molecule has 8 nitrogen and oxygen atoms in total. The van der Waals surface area contributed by atoms with E-state index in [1.54, 1.807) is 0 Å². The molecule has 2 aliphatic heterocycles. The number of rotatable bonds is 5. The zero-order valence-corrected chi connectivity index (χ0v) is 16.3. The Morgan fingerprint density at radius 2 is 2.07 bits per heavy atom. The Morgan fingerprint density at radius 3 is 2.57 bits per heavy atom. The predicted molar refractivity (Wildman–Crippen MR) is 92.0 cm³/mol. The van der Waals surface area contributed by atoms with Crippen molar-refractivity contribution in [2.24, 2.45) is 11.3 Å². The van der Waals surface area contributed by atoms with Gasteiger partial charge in [-0.2, -0.15) is 13.2 Å². The normalized spacial score (nSPS) is 25.2. The van der Waals surface area contributed by atoms with E-state index < -0.39 is 22.2 Å². The van der Waals surface area contributed by atoms with Crippen molar-refractivity contribution in [3.8, 4) is 0 Å². The first-order chi connectivity index (χ1) is 12.8. The zero-order chi connectivity index (χ0) is 21.2. The Labute approximate surface area is 160 Å². The van der Waals surface area contributed by atoms with Crippen LogP contribution in [0.2, 0.25) is 0 Å². The molecule has 160 valence electrons. The monoisotopic (exact) mass is 428 g/mol. The summed E-state index contributed by atoms with van der Waals surface area (Å²) in [6, 6.07) is 3.97. The van der Waals surface area contributed by atoms with Gasteiger partial charge in [0.25, 0.3) is 0 Å². The third-order valence-electron chi connectivity index (χ3n) is 4.70. The third-order valence-corrected chi connectivity index (χ3v) is 5.36. The number of hydrogen-bond acceptors (Lipinski definition) is 6. The van der Waals surface area contributed by atoms with Crippen molar-refractivity contribution < 1.29 is 40.6 Å². The number of fused-ring (bicyclic) bond motifs is 1. The van der Waals surface area contributed by atoms with Crippen LogP contribution in [0.4, 0.5) is 13.2 Å². The molecule has 3 rings (SSSR count). The lowest BCUT2D eigenvalue weighted by Crippen LogP contribution is -2.42. The molecule has 12 heteroatoms. The molecule has 3 heterocycles. The minimum atomic E-state index is -5.08. The van der Waals surface area contributed by atoms with Crippen molar-refractivity contribution in [2.45, 2.75) is 19.6 Å². The van der Waals surface area contributed by atoms with Crippen LogP contribution < -0.4 is 4.72 Å². The lowest BCUT2D eigenvalue weighted by Gasteiger charge is -2.27. The minimum absolute atomic E-state index is 0.106. The molecule has 0 radical (unpaired) electrons. The summed E-state index contributed by atoms with van der Waals surface area (Å²) in [5.41, 5.74) is -0.106.